The van der Waals surface area contributed by atoms with Gasteiger partial charge in [0.25, 0.3) is 5.69 Å². The molecule has 0 bridgehead atoms. The maximum atomic E-state index is 10.7. The summed E-state index contributed by atoms with van der Waals surface area (Å²) in [5.41, 5.74) is 5.65. The second kappa shape index (κ2) is 9.14. The zero-order valence-electron chi connectivity index (χ0n) is 14.4. The summed E-state index contributed by atoms with van der Waals surface area (Å²) in [7, 11) is 1.86. The number of nitro groups is 1. The average Bonchev–Trinajstić information content (AvgIpc) is 2.62. The van der Waals surface area contributed by atoms with Crippen LogP contribution in [-0.4, -0.2) is 85.2 Å². The van der Waals surface area contributed by atoms with Crippen LogP contribution in [-0.2, 0) is 4.74 Å². The maximum absolute atomic E-state index is 10.7. The summed E-state index contributed by atoms with van der Waals surface area (Å²) in [5, 5.41) is 18.4. The van der Waals surface area contributed by atoms with Gasteiger partial charge in [0.15, 0.2) is 5.96 Å². The van der Waals surface area contributed by atoms with Crippen LogP contribution in [0.15, 0.2) is 18.3 Å². The molecule has 1 aliphatic heterocycles. The molecule has 1 aromatic heterocycles. The molecule has 0 aliphatic carbocycles. The highest BCUT2D eigenvalue weighted by molar-refractivity contribution is 5.74. The number of nitrogens with zero attached hydrogens (tertiary/aromatic N) is 5. The molecule has 0 unspecified atom stereocenters. The topological polar surface area (TPSA) is 125 Å². The van der Waals surface area contributed by atoms with Crippen molar-refractivity contribution < 1.29 is 9.66 Å². The molecule has 3 N–H and O–H groups in total. The van der Waals surface area contributed by atoms with E-state index in [2.05, 4.69) is 9.88 Å². The molecule has 0 atom stereocenters. The van der Waals surface area contributed by atoms with Crippen LogP contribution in [0.2, 0.25) is 0 Å². The van der Waals surface area contributed by atoms with E-state index in [1.165, 1.54) is 12.3 Å². The van der Waals surface area contributed by atoms with Crippen LogP contribution < -0.4 is 10.6 Å². The number of anilines is 1. The van der Waals surface area contributed by atoms with Gasteiger partial charge >= 0.3 is 0 Å². The fourth-order valence-electron chi connectivity index (χ4n) is 2.54. The van der Waals surface area contributed by atoms with Gasteiger partial charge in [-0.1, -0.05) is 0 Å². The number of ether oxygens (including phenoxy) is 1. The van der Waals surface area contributed by atoms with E-state index in [0.29, 0.717) is 25.5 Å². The lowest BCUT2D eigenvalue weighted by Gasteiger charge is -2.31. The highest BCUT2D eigenvalue weighted by Gasteiger charge is 2.14. The first kappa shape index (κ1) is 18.9. The molecule has 1 aromatic rings. The van der Waals surface area contributed by atoms with E-state index >= 15 is 0 Å². The zero-order valence-corrected chi connectivity index (χ0v) is 14.4. The number of aromatic nitrogens is 1. The lowest BCUT2D eigenvalue weighted by molar-refractivity contribution is -0.385. The van der Waals surface area contributed by atoms with Crippen LogP contribution in [0.3, 0.4) is 0 Å². The van der Waals surface area contributed by atoms with Gasteiger partial charge < -0.3 is 20.3 Å². The Labute approximate surface area is 146 Å². The Hall–Kier alpha value is -2.46. The average molecular weight is 351 g/mol. The maximum Gasteiger partial charge on any atom is 0.287 e. The highest BCUT2D eigenvalue weighted by Crippen LogP contribution is 2.14. The van der Waals surface area contributed by atoms with Gasteiger partial charge in [-0.2, -0.15) is 0 Å². The van der Waals surface area contributed by atoms with Gasteiger partial charge in [0, 0.05) is 52.4 Å². The fourth-order valence-corrected chi connectivity index (χ4v) is 2.54. The number of hydrogen-bond donors (Lipinski definition) is 2. The molecule has 10 heteroatoms. The predicted octanol–water partition coefficient (Wildman–Crippen LogP) is -0.0463. The van der Waals surface area contributed by atoms with Crippen LogP contribution in [0.1, 0.15) is 0 Å². The normalized spacial score (nSPS) is 14.9. The summed E-state index contributed by atoms with van der Waals surface area (Å²) >= 11 is 0. The third-order valence-electron chi connectivity index (χ3n) is 4.17. The van der Waals surface area contributed by atoms with E-state index in [1.807, 2.05) is 16.8 Å². The minimum Gasteiger partial charge on any atom is -0.379 e. The third kappa shape index (κ3) is 5.84. The number of guanidine groups is 1. The number of hydrogen-bond acceptors (Lipinski definition) is 7. The summed E-state index contributed by atoms with van der Waals surface area (Å²) in [5.74, 6) is 0.681. The molecule has 0 saturated carbocycles. The summed E-state index contributed by atoms with van der Waals surface area (Å²) in [6.45, 7) is 5.99. The highest BCUT2D eigenvalue weighted by atomic mass is 16.6. The van der Waals surface area contributed by atoms with Crippen LogP contribution in [0, 0.1) is 15.5 Å². The molecule has 2 heterocycles. The molecule has 1 aliphatic rings. The second-order valence-electron chi connectivity index (χ2n) is 5.88. The van der Waals surface area contributed by atoms with Crippen molar-refractivity contribution in [1.29, 1.82) is 5.41 Å². The number of nitrogens with two attached hydrogens (primary N) is 1. The molecular formula is C15H25N7O3. The Kier molecular flexibility index (Phi) is 6.90. The number of pyridine rings is 1. The van der Waals surface area contributed by atoms with Gasteiger partial charge in [0.2, 0.25) is 0 Å². The monoisotopic (exact) mass is 351 g/mol. The Morgan fingerprint density at radius 2 is 2.12 bits per heavy atom. The minimum absolute atomic E-state index is 0.0342. The molecule has 138 valence electrons. The van der Waals surface area contributed by atoms with Crippen LogP contribution in [0.4, 0.5) is 11.5 Å². The van der Waals surface area contributed by atoms with E-state index in [-0.39, 0.29) is 11.6 Å². The Balaban J connectivity index is 1.82. The standard InChI is InChI=1S/C15H25N7O3/c1-19(14-3-2-13(12-18-14)22(23)24)4-6-21(15(16)17)7-5-20-8-10-25-11-9-20/h2-3,12H,4-11H2,1H3,(H3,16,17). The zero-order chi connectivity index (χ0) is 18.2. The molecule has 1 saturated heterocycles. The summed E-state index contributed by atoms with van der Waals surface area (Å²) in [6, 6.07) is 3.05. The van der Waals surface area contributed by atoms with Gasteiger partial charge in [-0.3, -0.25) is 20.4 Å². The third-order valence-corrected chi connectivity index (χ3v) is 4.17. The largest absolute Gasteiger partial charge is 0.379 e. The summed E-state index contributed by atoms with van der Waals surface area (Å²) in [4.78, 5) is 20.3. The van der Waals surface area contributed by atoms with Gasteiger partial charge in [0.05, 0.1) is 18.1 Å². The van der Waals surface area contributed by atoms with Crippen molar-refractivity contribution in [3.8, 4) is 0 Å². The lowest BCUT2D eigenvalue weighted by Crippen LogP contribution is -2.47. The number of morpholine rings is 1. The Morgan fingerprint density at radius 1 is 1.40 bits per heavy atom. The number of likely N-dealkylation sites (N-methyl/N-ethyl adjacent to an activating group) is 1. The molecule has 0 aromatic carbocycles. The SMILES string of the molecule is CN(CCN(CCN1CCOCC1)C(=N)N)c1ccc([N+](=O)[O-])cn1. The van der Waals surface area contributed by atoms with Gasteiger partial charge in [-0.15, -0.1) is 0 Å². The van der Waals surface area contributed by atoms with E-state index in [9.17, 15) is 10.1 Å². The van der Waals surface area contributed by atoms with Crippen molar-refractivity contribution in [2.45, 2.75) is 0 Å². The second-order valence-corrected chi connectivity index (χ2v) is 5.88. The van der Waals surface area contributed by atoms with E-state index < -0.39 is 4.92 Å². The van der Waals surface area contributed by atoms with E-state index in [0.717, 1.165) is 32.8 Å². The fraction of sp³-hybridized carbons (Fsp3) is 0.600. The number of rotatable bonds is 8. The molecule has 2 rings (SSSR count). The molecule has 1 fully saturated rings. The van der Waals surface area contributed by atoms with Crippen LogP contribution in [0.25, 0.3) is 0 Å². The molecule has 0 spiro atoms. The van der Waals surface area contributed by atoms with Gasteiger partial charge in [-0.25, -0.2) is 4.98 Å². The summed E-state index contributed by atoms with van der Waals surface area (Å²) in [6.07, 6.45) is 1.24. The smallest absolute Gasteiger partial charge is 0.287 e. The first-order valence-corrected chi connectivity index (χ1v) is 8.18. The Bertz CT molecular complexity index is 575. The van der Waals surface area contributed by atoms with Crippen LogP contribution >= 0.6 is 0 Å². The van der Waals surface area contributed by atoms with Crippen LogP contribution in [0.5, 0.6) is 0 Å². The molecule has 0 radical (unpaired) electrons. The van der Waals surface area contributed by atoms with Crippen molar-refractivity contribution in [3.05, 3.63) is 28.4 Å². The molecule has 10 nitrogen and oxygen atoms in total. The predicted molar refractivity (Wildman–Crippen MR) is 94.9 cm³/mol. The quantitative estimate of drug-likeness (QED) is 0.289. The first-order chi connectivity index (χ1) is 12.0. The number of nitrogens with one attached hydrogen (secondary N) is 1. The van der Waals surface area contributed by atoms with Crippen molar-refractivity contribution in [2.75, 3.05) is 64.4 Å². The van der Waals surface area contributed by atoms with Crippen molar-refractivity contribution in [2.24, 2.45) is 5.73 Å². The van der Waals surface area contributed by atoms with E-state index in [1.54, 1.807) is 6.07 Å². The van der Waals surface area contributed by atoms with Gasteiger partial charge in [-0.05, 0) is 6.07 Å². The van der Waals surface area contributed by atoms with Crippen molar-refractivity contribution in [1.82, 2.24) is 14.8 Å². The first-order valence-electron chi connectivity index (χ1n) is 8.18. The molecule has 25 heavy (non-hydrogen) atoms. The lowest BCUT2D eigenvalue weighted by atomic mass is 10.3. The van der Waals surface area contributed by atoms with Crippen molar-refractivity contribution in [3.63, 3.8) is 0 Å². The molecular weight excluding hydrogens is 326 g/mol. The van der Waals surface area contributed by atoms with Gasteiger partial charge in [0.1, 0.15) is 12.0 Å². The minimum atomic E-state index is -0.472. The summed E-state index contributed by atoms with van der Waals surface area (Å²) < 4.78 is 5.33. The Morgan fingerprint density at radius 3 is 2.68 bits per heavy atom. The molecule has 0 amide bonds. The van der Waals surface area contributed by atoms with Crippen molar-refractivity contribution >= 4 is 17.5 Å². The van der Waals surface area contributed by atoms with E-state index in [4.69, 9.17) is 15.9 Å².